The molecule has 0 fully saturated rings. The van der Waals surface area contributed by atoms with E-state index in [2.05, 4.69) is 6.92 Å². The first kappa shape index (κ1) is 11.5. The van der Waals surface area contributed by atoms with E-state index in [-0.39, 0.29) is 5.75 Å². The Morgan fingerprint density at radius 1 is 1.06 bits per heavy atom. The SMILES string of the molecule is CCc1ccc(Oc2ccccc2C)c(O)c1. The number of aromatic hydroxyl groups is 1. The minimum absolute atomic E-state index is 0.188. The van der Waals surface area contributed by atoms with E-state index >= 15 is 0 Å². The van der Waals surface area contributed by atoms with E-state index in [9.17, 15) is 5.11 Å². The second-order valence-corrected chi connectivity index (χ2v) is 4.02. The minimum Gasteiger partial charge on any atom is -0.504 e. The van der Waals surface area contributed by atoms with Crippen LogP contribution in [-0.4, -0.2) is 5.11 Å². The summed E-state index contributed by atoms with van der Waals surface area (Å²) in [4.78, 5) is 0. The molecule has 0 aliphatic carbocycles. The smallest absolute Gasteiger partial charge is 0.169 e. The minimum atomic E-state index is 0.188. The van der Waals surface area contributed by atoms with Crippen molar-refractivity contribution in [3.05, 3.63) is 53.6 Å². The van der Waals surface area contributed by atoms with Crippen molar-refractivity contribution in [1.82, 2.24) is 0 Å². The summed E-state index contributed by atoms with van der Waals surface area (Å²) in [6.07, 6.45) is 0.901. The maximum absolute atomic E-state index is 9.85. The Balaban J connectivity index is 2.28. The van der Waals surface area contributed by atoms with E-state index in [0.29, 0.717) is 5.75 Å². The molecule has 0 heterocycles. The van der Waals surface area contributed by atoms with Gasteiger partial charge in [-0.3, -0.25) is 0 Å². The third-order valence-electron chi connectivity index (χ3n) is 2.75. The van der Waals surface area contributed by atoms with Gasteiger partial charge in [0.2, 0.25) is 0 Å². The molecule has 0 saturated carbocycles. The molecule has 88 valence electrons. The van der Waals surface area contributed by atoms with Gasteiger partial charge in [-0.2, -0.15) is 0 Å². The molecule has 0 aliphatic heterocycles. The van der Waals surface area contributed by atoms with Crippen LogP contribution in [0, 0.1) is 6.92 Å². The molecule has 0 aromatic heterocycles. The first-order chi connectivity index (χ1) is 8.20. The van der Waals surface area contributed by atoms with Gasteiger partial charge in [-0.25, -0.2) is 0 Å². The standard InChI is InChI=1S/C15H16O2/c1-3-12-8-9-15(13(16)10-12)17-14-7-5-4-6-11(14)2/h4-10,16H,3H2,1-2H3. The number of hydrogen-bond donors (Lipinski definition) is 1. The summed E-state index contributed by atoms with van der Waals surface area (Å²) in [7, 11) is 0. The van der Waals surface area contributed by atoms with E-state index < -0.39 is 0 Å². The van der Waals surface area contributed by atoms with E-state index in [4.69, 9.17) is 4.74 Å². The Kier molecular flexibility index (Phi) is 3.33. The van der Waals surface area contributed by atoms with Crippen molar-refractivity contribution in [2.75, 3.05) is 0 Å². The van der Waals surface area contributed by atoms with Gasteiger partial charge in [0.1, 0.15) is 5.75 Å². The summed E-state index contributed by atoms with van der Waals surface area (Å²) >= 11 is 0. The number of aryl methyl sites for hydroxylation is 2. The molecule has 0 atom stereocenters. The van der Waals surface area contributed by atoms with Gasteiger partial charge in [-0.1, -0.05) is 31.2 Å². The van der Waals surface area contributed by atoms with Crippen molar-refractivity contribution >= 4 is 0 Å². The van der Waals surface area contributed by atoms with Crippen molar-refractivity contribution in [2.45, 2.75) is 20.3 Å². The lowest BCUT2D eigenvalue weighted by Crippen LogP contribution is -1.88. The van der Waals surface area contributed by atoms with Crippen molar-refractivity contribution in [3.8, 4) is 17.2 Å². The van der Waals surface area contributed by atoms with Gasteiger partial charge in [0.25, 0.3) is 0 Å². The van der Waals surface area contributed by atoms with Gasteiger partial charge >= 0.3 is 0 Å². The van der Waals surface area contributed by atoms with E-state index in [1.54, 1.807) is 12.1 Å². The monoisotopic (exact) mass is 228 g/mol. The fourth-order valence-electron chi connectivity index (χ4n) is 1.66. The lowest BCUT2D eigenvalue weighted by Gasteiger charge is -2.10. The Labute approximate surface area is 101 Å². The Morgan fingerprint density at radius 2 is 1.82 bits per heavy atom. The van der Waals surface area contributed by atoms with E-state index in [1.165, 1.54) is 0 Å². The highest BCUT2D eigenvalue weighted by atomic mass is 16.5. The fraction of sp³-hybridized carbons (Fsp3) is 0.200. The topological polar surface area (TPSA) is 29.5 Å². The summed E-state index contributed by atoms with van der Waals surface area (Å²) in [5, 5.41) is 9.85. The predicted molar refractivity (Wildman–Crippen MR) is 68.7 cm³/mol. The van der Waals surface area contributed by atoms with Crippen LogP contribution in [0.1, 0.15) is 18.1 Å². The maximum atomic E-state index is 9.85. The number of para-hydroxylation sites is 1. The molecule has 2 nitrogen and oxygen atoms in total. The van der Waals surface area contributed by atoms with Gasteiger partial charge < -0.3 is 9.84 Å². The molecule has 2 rings (SSSR count). The van der Waals surface area contributed by atoms with Crippen LogP contribution < -0.4 is 4.74 Å². The summed E-state index contributed by atoms with van der Waals surface area (Å²) in [5.74, 6) is 1.45. The molecule has 2 aromatic carbocycles. The zero-order valence-corrected chi connectivity index (χ0v) is 10.1. The van der Waals surface area contributed by atoms with Crippen LogP contribution in [0.25, 0.3) is 0 Å². The first-order valence-corrected chi connectivity index (χ1v) is 5.76. The second-order valence-electron chi connectivity index (χ2n) is 4.02. The predicted octanol–water partition coefficient (Wildman–Crippen LogP) is 4.06. The number of phenols is 1. The fourth-order valence-corrected chi connectivity index (χ4v) is 1.66. The molecule has 0 bridgehead atoms. The Hall–Kier alpha value is -1.96. The summed E-state index contributed by atoms with van der Waals surface area (Å²) in [5.41, 5.74) is 2.14. The molecule has 0 saturated heterocycles. The molecule has 0 unspecified atom stereocenters. The molecular formula is C15H16O2. The number of benzene rings is 2. The van der Waals surface area contributed by atoms with Crippen LogP contribution in [-0.2, 0) is 6.42 Å². The van der Waals surface area contributed by atoms with Gasteiger partial charge in [0, 0.05) is 0 Å². The van der Waals surface area contributed by atoms with Gasteiger partial charge in [-0.15, -0.1) is 0 Å². The van der Waals surface area contributed by atoms with Crippen LogP contribution in [0.5, 0.6) is 17.2 Å². The number of ether oxygens (including phenoxy) is 1. The second kappa shape index (κ2) is 4.91. The highest BCUT2D eigenvalue weighted by Gasteiger charge is 2.06. The van der Waals surface area contributed by atoms with Crippen molar-refractivity contribution < 1.29 is 9.84 Å². The highest BCUT2D eigenvalue weighted by Crippen LogP contribution is 2.32. The van der Waals surface area contributed by atoms with Crippen molar-refractivity contribution in [3.63, 3.8) is 0 Å². The molecule has 2 heteroatoms. The quantitative estimate of drug-likeness (QED) is 0.858. The lowest BCUT2D eigenvalue weighted by atomic mass is 10.1. The van der Waals surface area contributed by atoms with Crippen molar-refractivity contribution in [1.29, 1.82) is 0 Å². The molecule has 17 heavy (non-hydrogen) atoms. The normalized spacial score (nSPS) is 10.2. The summed E-state index contributed by atoms with van der Waals surface area (Å²) in [6.45, 7) is 4.03. The summed E-state index contributed by atoms with van der Waals surface area (Å²) in [6, 6.07) is 13.3. The first-order valence-electron chi connectivity index (χ1n) is 5.76. The largest absolute Gasteiger partial charge is 0.504 e. The number of hydrogen-bond acceptors (Lipinski definition) is 2. The third kappa shape index (κ3) is 2.59. The van der Waals surface area contributed by atoms with Gasteiger partial charge in [0.15, 0.2) is 11.5 Å². The average Bonchev–Trinajstić information content (AvgIpc) is 2.34. The number of phenolic OH excluding ortho intramolecular Hbond substituents is 1. The zero-order chi connectivity index (χ0) is 12.3. The Morgan fingerprint density at radius 3 is 2.47 bits per heavy atom. The van der Waals surface area contributed by atoms with Crippen molar-refractivity contribution in [2.24, 2.45) is 0 Å². The lowest BCUT2D eigenvalue weighted by molar-refractivity contribution is 0.409. The highest BCUT2D eigenvalue weighted by molar-refractivity contribution is 5.45. The molecule has 2 aromatic rings. The molecule has 0 amide bonds. The van der Waals surface area contributed by atoms with Crippen LogP contribution in [0.3, 0.4) is 0 Å². The average molecular weight is 228 g/mol. The maximum Gasteiger partial charge on any atom is 0.169 e. The summed E-state index contributed by atoms with van der Waals surface area (Å²) < 4.78 is 5.69. The van der Waals surface area contributed by atoms with Crippen LogP contribution in [0.15, 0.2) is 42.5 Å². The molecule has 0 aliphatic rings. The third-order valence-corrected chi connectivity index (χ3v) is 2.75. The van der Waals surface area contributed by atoms with Gasteiger partial charge in [0.05, 0.1) is 0 Å². The van der Waals surface area contributed by atoms with E-state index in [1.807, 2.05) is 37.3 Å². The Bertz CT molecular complexity index is 518. The van der Waals surface area contributed by atoms with Gasteiger partial charge in [-0.05, 0) is 42.7 Å². The molecule has 0 radical (unpaired) electrons. The number of rotatable bonds is 3. The van der Waals surface area contributed by atoms with E-state index in [0.717, 1.165) is 23.3 Å². The van der Waals surface area contributed by atoms with Crippen LogP contribution in [0.2, 0.25) is 0 Å². The molecular weight excluding hydrogens is 212 g/mol. The molecule has 0 spiro atoms. The molecule has 1 N–H and O–H groups in total. The van der Waals surface area contributed by atoms with Crippen LogP contribution >= 0.6 is 0 Å². The van der Waals surface area contributed by atoms with Crippen LogP contribution in [0.4, 0.5) is 0 Å². The zero-order valence-electron chi connectivity index (χ0n) is 10.1.